The van der Waals surface area contributed by atoms with Crippen LogP contribution in [0.4, 0.5) is 4.79 Å². The second-order valence-electron chi connectivity index (χ2n) is 7.60. The lowest BCUT2D eigenvalue weighted by Gasteiger charge is -2.33. The maximum atomic E-state index is 12.8. The number of piperidine rings is 1. The van der Waals surface area contributed by atoms with Crippen LogP contribution in [0.2, 0.25) is 0 Å². The molecule has 4 rings (SSSR count). The molecule has 0 aromatic heterocycles. The Kier molecular flexibility index (Phi) is 5.23. The molecule has 2 aliphatic heterocycles. The molecule has 0 spiro atoms. The Bertz CT molecular complexity index is 864. The number of hydrogen-bond acceptors (Lipinski definition) is 6. The molecule has 4 amide bonds. The van der Waals surface area contributed by atoms with Crippen LogP contribution >= 0.6 is 0 Å². The molecule has 0 unspecified atom stereocenters. The maximum absolute atomic E-state index is 12.8. The molecule has 2 fully saturated rings. The Labute approximate surface area is 167 Å². The first kappa shape index (κ1) is 19.4. The number of hydrogen-bond donors (Lipinski definition) is 2. The second-order valence-corrected chi connectivity index (χ2v) is 7.60. The highest BCUT2D eigenvalue weighted by molar-refractivity contribution is 6.05. The minimum Gasteiger partial charge on any atom is -0.446 e. The molecule has 1 aliphatic carbocycles. The summed E-state index contributed by atoms with van der Waals surface area (Å²) in [5.74, 6) is -0.979. The molecule has 2 heterocycles. The maximum Gasteiger partial charge on any atom is 0.407 e. The van der Waals surface area contributed by atoms with Crippen molar-refractivity contribution in [3.63, 3.8) is 0 Å². The summed E-state index contributed by atoms with van der Waals surface area (Å²) in [6, 6.07) is 4.76. The highest BCUT2D eigenvalue weighted by Gasteiger charge is 2.39. The third kappa shape index (κ3) is 3.95. The van der Waals surface area contributed by atoms with Crippen molar-refractivity contribution in [3.8, 4) is 0 Å². The molecule has 1 saturated heterocycles. The number of ether oxygens (including phenoxy) is 2. The highest BCUT2D eigenvalue weighted by Crippen LogP contribution is 2.28. The van der Waals surface area contributed by atoms with E-state index in [1.54, 1.807) is 13.2 Å². The minimum absolute atomic E-state index is 0.122. The van der Waals surface area contributed by atoms with Crippen LogP contribution in [0.5, 0.6) is 0 Å². The van der Waals surface area contributed by atoms with Crippen molar-refractivity contribution in [2.24, 2.45) is 0 Å². The number of methoxy groups -OCH3 is 1. The van der Waals surface area contributed by atoms with Gasteiger partial charge in [0.05, 0.1) is 6.10 Å². The molecule has 1 saturated carbocycles. The van der Waals surface area contributed by atoms with E-state index < -0.39 is 18.0 Å². The molecule has 0 radical (unpaired) electrons. The molecule has 154 valence electrons. The third-order valence-corrected chi connectivity index (χ3v) is 5.69. The first-order valence-electron chi connectivity index (χ1n) is 9.68. The fourth-order valence-corrected chi connectivity index (χ4v) is 3.89. The number of rotatable bonds is 5. The molecular weight excluding hydrogens is 378 g/mol. The largest absolute Gasteiger partial charge is 0.446 e. The van der Waals surface area contributed by atoms with Crippen LogP contribution in [0, 0.1) is 0 Å². The molecule has 9 heteroatoms. The summed E-state index contributed by atoms with van der Waals surface area (Å²) >= 11 is 0. The standard InChI is InChI=1S/C20H23N3O6/c1-28-13-7-14(8-13)29-20(27)21-9-11-2-3-12-10-23(19(26)15(12)6-11)16-4-5-17(24)22-18(16)25/h2-3,6,13-14,16H,4-5,7-10H2,1H3,(H,21,27)(H,22,24,25)/t13?,14?,16-/m0/s1. The SMILES string of the molecule is COC1CC(OC(=O)NCc2ccc3c(c2)C(=O)N([C@H]2CCC(=O)NC2=O)C3)C1. The Morgan fingerprint density at radius 1 is 1.24 bits per heavy atom. The summed E-state index contributed by atoms with van der Waals surface area (Å²) in [6.07, 6.45) is 1.49. The summed E-state index contributed by atoms with van der Waals surface area (Å²) in [5, 5.41) is 4.98. The van der Waals surface area contributed by atoms with Crippen molar-refractivity contribution < 1.29 is 28.7 Å². The lowest BCUT2D eigenvalue weighted by atomic mass is 9.92. The van der Waals surface area contributed by atoms with Gasteiger partial charge in [-0.1, -0.05) is 12.1 Å². The summed E-state index contributed by atoms with van der Waals surface area (Å²) < 4.78 is 10.4. The smallest absolute Gasteiger partial charge is 0.407 e. The minimum atomic E-state index is -0.637. The first-order chi connectivity index (χ1) is 13.9. The van der Waals surface area contributed by atoms with Gasteiger partial charge >= 0.3 is 6.09 Å². The molecule has 29 heavy (non-hydrogen) atoms. The van der Waals surface area contributed by atoms with E-state index in [1.165, 1.54) is 4.90 Å². The van der Waals surface area contributed by atoms with Gasteiger partial charge in [0.15, 0.2) is 0 Å². The fourth-order valence-electron chi connectivity index (χ4n) is 3.89. The van der Waals surface area contributed by atoms with Gasteiger partial charge in [0.2, 0.25) is 11.8 Å². The first-order valence-corrected chi connectivity index (χ1v) is 9.68. The molecule has 1 aromatic rings. The third-order valence-electron chi connectivity index (χ3n) is 5.69. The van der Waals surface area contributed by atoms with Crippen LogP contribution in [0.1, 0.15) is 47.2 Å². The van der Waals surface area contributed by atoms with Crippen molar-refractivity contribution in [3.05, 3.63) is 34.9 Å². The van der Waals surface area contributed by atoms with Gasteiger partial charge in [-0.25, -0.2) is 4.79 Å². The normalized spacial score (nSPS) is 25.9. The number of nitrogens with one attached hydrogen (secondary N) is 2. The number of amides is 4. The zero-order chi connectivity index (χ0) is 20.5. The van der Waals surface area contributed by atoms with Crippen LogP contribution < -0.4 is 10.6 Å². The number of alkyl carbamates (subject to hydrolysis) is 1. The zero-order valence-electron chi connectivity index (χ0n) is 16.1. The van der Waals surface area contributed by atoms with Crippen molar-refractivity contribution in [1.82, 2.24) is 15.5 Å². The number of carbonyl (C=O) groups is 4. The average Bonchev–Trinajstić information content (AvgIpc) is 2.99. The van der Waals surface area contributed by atoms with E-state index in [-0.39, 0.29) is 37.0 Å². The summed E-state index contributed by atoms with van der Waals surface area (Å²) in [4.78, 5) is 49.7. The van der Waals surface area contributed by atoms with E-state index in [2.05, 4.69) is 10.6 Å². The van der Waals surface area contributed by atoms with Crippen LogP contribution in [0.3, 0.4) is 0 Å². The molecule has 9 nitrogen and oxygen atoms in total. The van der Waals surface area contributed by atoms with E-state index in [1.807, 2.05) is 12.1 Å². The van der Waals surface area contributed by atoms with E-state index in [0.29, 0.717) is 31.4 Å². The molecule has 3 aliphatic rings. The van der Waals surface area contributed by atoms with Gasteiger partial charge in [-0.15, -0.1) is 0 Å². The Morgan fingerprint density at radius 3 is 2.76 bits per heavy atom. The van der Waals surface area contributed by atoms with E-state index >= 15 is 0 Å². The molecule has 2 N–H and O–H groups in total. The number of carbonyl (C=O) groups excluding carboxylic acids is 4. The van der Waals surface area contributed by atoms with E-state index in [0.717, 1.165) is 11.1 Å². The fraction of sp³-hybridized carbons (Fsp3) is 0.500. The van der Waals surface area contributed by atoms with Gasteiger partial charge < -0.3 is 19.7 Å². The topological polar surface area (TPSA) is 114 Å². The Balaban J connectivity index is 1.34. The Hall–Kier alpha value is -2.94. The highest BCUT2D eigenvalue weighted by atomic mass is 16.6. The zero-order valence-corrected chi connectivity index (χ0v) is 16.1. The van der Waals surface area contributed by atoms with Gasteiger partial charge in [-0.3, -0.25) is 19.7 Å². The van der Waals surface area contributed by atoms with Gasteiger partial charge in [-0.2, -0.15) is 0 Å². The Morgan fingerprint density at radius 2 is 2.03 bits per heavy atom. The van der Waals surface area contributed by atoms with Crippen LogP contribution in [0.25, 0.3) is 0 Å². The molecule has 1 atom stereocenters. The van der Waals surface area contributed by atoms with Gasteiger partial charge in [0.1, 0.15) is 12.1 Å². The quantitative estimate of drug-likeness (QED) is 0.707. The van der Waals surface area contributed by atoms with Gasteiger partial charge in [0, 0.05) is 45.0 Å². The van der Waals surface area contributed by atoms with Gasteiger partial charge in [-0.05, 0) is 23.6 Å². The summed E-state index contributed by atoms with van der Waals surface area (Å²) in [7, 11) is 1.64. The van der Waals surface area contributed by atoms with E-state index in [9.17, 15) is 19.2 Å². The van der Waals surface area contributed by atoms with Crippen LogP contribution in [-0.2, 0) is 32.2 Å². The lowest BCUT2D eigenvalue weighted by molar-refractivity contribution is -0.136. The molecule has 1 aromatic carbocycles. The number of imide groups is 1. The average molecular weight is 401 g/mol. The second kappa shape index (κ2) is 7.82. The van der Waals surface area contributed by atoms with Crippen LogP contribution in [-0.4, -0.2) is 54.1 Å². The predicted octanol–water partition coefficient (Wildman–Crippen LogP) is 0.851. The van der Waals surface area contributed by atoms with Crippen molar-refractivity contribution in [2.75, 3.05) is 7.11 Å². The van der Waals surface area contributed by atoms with Crippen molar-refractivity contribution >= 4 is 23.8 Å². The number of nitrogens with zero attached hydrogens (tertiary/aromatic N) is 1. The number of fused-ring (bicyclic) bond motifs is 1. The summed E-state index contributed by atoms with van der Waals surface area (Å²) in [5.41, 5.74) is 2.11. The van der Waals surface area contributed by atoms with E-state index in [4.69, 9.17) is 9.47 Å². The summed E-state index contributed by atoms with van der Waals surface area (Å²) in [6.45, 7) is 0.566. The van der Waals surface area contributed by atoms with Crippen LogP contribution in [0.15, 0.2) is 18.2 Å². The van der Waals surface area contributed by atoms with Gasteiger partial charge in [0.25, 0.3) is 5.91 Å². The molecular formula is C20H23N3O6. The predicted molar refractivity (Wildman–Crippen MR) is 99.6 cm³/mol. The lowest BCUT2D eigenvalue weighted by Crippen LogP contribution is -2.52. The monoisotopic (exact) mass is 401 g/mol. The molecule has 0 bridgehead atoms. The number of benzene rings is 1. The van der Waals surface area contributed by atoms with Crippen molar-refractivity contribution in [1.29, 1.82) is 0 Å². The van der Waals surface area contributed by atoms with Crippen molar-refractivity contribution in [2.45, 2.75) is 57.0 Å².